The molecule has 0 bridgehead atoms. The minimum Gasteiger partial charge on any atom is -0.381 e. The van der Waals surface area contributed by atoms with Crippen molar-refractivity contribution in [3.8, 4) is 0 Å². The molecule has 1 saturated heterocycles. The van der Waals surface area contributed by atoms with Crippen molar-refractivity contribution in [1.82, 2.24) is 10.3 Å². The number of nitrogens with one attached hydrogen (secondary N) is 2. The molecule has 92 valence electrons. The van der Waals surface area contributed by atoms with Crippen LogP contribution >= 0.6 is 23.7 Å². The zero-order valence-corrected chi connectivity index (χ0v) is 11.1. The zero-order chi connectivity index (χ0) is 10.8. The lowest BCUT2D eigenvalue weighted by Gasteiger charge is -2.24. The second-order valence-corrected chi connectivity index (χ2v) is 5.03. The van der Waals surface area contributed by atoms with Crippen molar-refractivity contribution in [1.29, 1.82) is 0 Å². The van der Waals surface area contributed by atoms with Crippen molar-refractivity contribution >= 4 is 39.6 Å². The lowest BCUT2D eigenvalue weighted by Crippen LogP contribution is -2.35. The van der Waals surface area contributed by atoms with Gasteiger partial charge in [0.15, 0.2) is 0 Å². The van der Waals surface area contributed by atoms with E-state index in [9.17, 15) is 0 Å². The Morgan fingerprint density at radius 2 is 2.12 bits per heavy atom. The third-order valence-corrected chi connectivity index (χ3v) is 3.93. The Labute approximate surface area is 111 Å². The van der Waals surface area contributed by atoms with Crippen LogP contribution in [0.5, 0.6) is 0 Å². The maximum absolute atomic E-state index is 4.34. The Hall–Kier alpha value is -0.840. The number of hydrogen-bond acceptors (Lipinski definition) is 4. The van der Waals surface area contributed by atoms with Gasteiger partial charge in [-0.1, -0.05) is 6.07 Å². The number of piperidine rings is 1. The topological polar surface area (TPSA) is 37.0 Å². The number of aromatic nitrogens is 1. The van der Waals surface area contributed by atoms with Crippen molar-refractivity contribution in [2.75, 3.05) is 18.4 Å². The van der Waals surface area contributed by atoms with Crippen molar-refractivity contribution in [2.24, 2.45) is 0 Å². The molecule has 1 aromatic carbocycles. The molecule has 1 aromatic heterocycles. The molecular formula is C12H16ClN3S. The number of rotatable bonds is 2. The highest BCUT2D eigenvalue weighted by Gasteiger charge is 2.13. The molecule has 0 saturated carbocycles. The first-order chi connectivity index (χ1) is 7.93. The molecule has 17 heavy (non-hydrogen) atoms. The van der Waals surface area contributed by atoms with E-state index in [1.54, 1.807) is 11.3 Å². The third kappa shape index (κ3) is 2.70. The summed E-state index contributed by atoms with van der Waals surface area (Å²) in [5, 5.41) is 7.02. The molecule has 1 aliphatic rings. The molecule has 0 unspecified atom stereocenters. The Morgan fingerprint density at radius 3 is 2.94 bits per heavy atom. The van der Waals surface area contributed by atoms with Crippen LogP contribution in [0.15, 0.2) is 23.7 Å². The Bertz CT molecular complexity index is 479. The number of anilines is 1. The van der Waals surface area contributed by atoms with Crippen molar-refractivity contribution in [3.63, 3.8) is 0 Å². The summed E-state index contributed by atoms with van der Waals surface area (Å²) in [6, 6.07) is 6.90. The molecule has 3 nitrogen and oxygen atoms in total. The van der Waals surface area contributed by atoms with Crippen LogP contribution in [-0.4, -0.2) is 24.1 Å². The Morgan fingerprint density at radius 1 is 1.29 bits per heavy atom. The smallest absolute Gasteiger partial charge is 0.0833 e. The fraction of sp³-hybridized carbons (Fsp3) is 0.417. The largest absolute Gasteiger partial charge is 0.381 e. The molecule has 0 atom stereocenters. The number of hydrogen-bond donors (Lipinski definition) is 2. The highest BCUT2D eigenvalue weighted by atomic mass is 35.5. The molecule has 5 heteroatoms. The lowest BCUT2D eigenvalue weighted by molar-refractivity contribution is 0.479. The second kappa shape index (κ2) is 5.67. The van der Waals surface area contributed by atoms with Crippen LogP contribution in [-0.2, 0) is 0 Å². The molecular weight excluding hydrogens is 254 g/mol. The fourth-order valence-corrected chi connectivity index (χ4v) is 2.95. The summed E-state index contributed by atoms with van der Waals surface area (Å²) in [5.74, 6) is 0. The molecule has 3 rings (SSSR count). The fourth-order valence-electron chi connectivity index (χ4n) is 2.19. The van der Waals surface area contributed by atoms with E-state index in [1.807, 2.05) is 5.51 Å². The molecule has 0 amide bonds. The van der Waals surface area contributed by atoms with E-state index in [-0.39, 0.29) is 12.4 Å². The van der Waals surface area contributed by atoms with Gasteiger partial charge in [-0.25, -0.2) is 4.98 Å². The minimum atomic E-state index is 0. The van der Waals surface area contributed by atoms with Gasteiger partial charge in [0.05, 0.1) is 21.4 Å². The number of thiazole rings is 1. The van der Waals surface area contributed by atoms with Crippen LogP contribution in [0.4, 0.5) is 5.69 Å². The third-order valence-electron chi connectivity index (χ3n) is 3.06. The second-order valence-electron chi connectivity index (χ2n) is 4.17. The molecule has 2 N–H and O–H groups in total. The highest BCUT2D eigenvalue weighted by molar-refractivity contribution is 7.17. The van der Waals surface area contributed by atoms with Gasteiger partial charge in [0.1, 0.15) is 0 Å². The maximum atomic E-state index is 4.34. The summed E-state index contributed by atoms with van der Waals surface area (Å²) in [7, 11) is 0. The Kier molecular flexibility index (Phi) is 4.20. The normalized spacial score (nSPS) is 16.7. The van der Waals surface area contributed by atoms with E-state index in [0.717, 1.165) is 18.6 Å². The molecule has 2 aromatic rings. The van der Waals surface area contributed by atoms with Crippen LogP contribution in [0.25, 0.3) is 10.2 Å². The molecule has 0 radical (unpaired) electrons. The van der Waals surface area contributed by atoms with Crippen LogP contribution in [0, 0.1) is 0 Å². The number of nitrogens with zero attached hydrogens (tertiary/aromatic N) is 1. The average molecular weight is 270 g/mol. The molecule has 0 spiro atoms. The van der Waals surface area contributed by atoms with Crippen molar-refractivity contribution < 1.29 is 0 Å². The van der Waals surface area contributed by atoms with Gasteiger partial charge in [-0.2, -0.15) is 0 Å². The number of fused-ring (bicyclic) bond motifs is 1. The van der Waals surface area contributed by atoms with Crippen LogP contribution in [0.1, 0.15) is 12.8 Å². The highest BCUT2D eigenvalue weighted by Crippen LogP contribution is 2.27. The summed E-state index contributed by atoms with van der Waals surface area (Å²) in [5.41, 5.74) is 4.26. The SMILES string of the molecule is Cl.c1cc(NC2CCNCC2)c2scnc2c1. The predicted molar refractivity (Wildman–Crippen MR) is 76.4 cm³/mol. The Balaban J connectivity index is 0.00000108. The summed E-state index contributed by atoms with van der Waals surface area (Å²) in [6.07, 6.45) is 2.41. The number of halogens is 1. The van der Waals surface area contributed by atoms with E-state index in [4.69, 9.17) is 0 Å². The van der Waals surface area contributed by atoms with Gasteiger partial charge in [0.25, 0.3) is 0 Å². The molecule has 0 aliphatic carbocycles. The minimum absolute atomic E-state index is 0. The zero-order valence-electron chi connectivity index (χ0n) is 9.48. The van der Waals surface area contributed by atoms with E-state index in [0.29, 0.717) is 6.04 Å². The van der Waals surface area contributed by atoms with Crippen LogP contribution in [0.2, 0.25) is 0 Å². The van der Waals surface area contributed by atoms with Gasteiger partial charge in [0.2, 0.25) is 0 Å². The first kappa shape index (κ1) is 12.6. The molecule has 1 aliphatic heterocycles. The quantitative estimate of drug-likeness (QED) is 0.880. The van der Waals surface area contributed by atoms with Crippen molar-refractivity contribution in [2.45, 2.75) is 18.9 Å². The summed E-state index contributed by atoms with van der Waals surface area (Å²) in [4.78, 5) is 4.34. The van der Waals surface area contributed by atoms with E-state index in [2.05, 4.69) is 33.8 Å². The summed E-state index contributed by atoms with van der Waals surface area (Å²) in [6.45, 7) is 2.24. The van der Waals surface area contributed by atoms with Crippen LogP contribution in [0.3, 0.4) is 0 Å². The van der Waals surface area contributed by atoms with Gasteiger partial charge < -0.3 is 10.6 Å². The van der Waals surface area contributed by atoms with Crippen molar-refractivity contribution in [3.05, 3.63) is 23.7 Å². The number of benzene rings is 1. The van der Waals surface area contributed by atoms with Gasteiger partial charge in [0, 0.05) is 6.04 Å². The summed E-state index contributed by atoms with van der Waals surface area (Å²) < 4.78 is 1.28. The van der Waals surface area contributed by atoms with E-state index < -0.39 is 0 Å². The lowest BCUT2D eigenvalue weighted by atomic mass is 10.1. The van der Waals surface area contributed by atoms with Gasteiger partial charge in [-0.3, -0.25) is 0 Å². The van der Waals surface area contributed by atoms with Gasteiger partial charge in [-0.15, -0.1) is 23.7 Å². The average Bonchev–Trinajstić information content (AvgIpc) is 2.80. The standard InChI is InChI=1S/C12H15N3S.ClH/c1-2-10-12(16-8-14-10)11(3-1)15-9-4-6-13-7-5-9;/h1-3,8-9,13,15H,4-7H2;1H. The van der Waals surface area contributed by atoms with Gasteiger partial charge in [-0.05, 0) is 38.1 Å². The first-order valence-electron chi connectivity index (χ1n) is 5.73. The molecule has 2 heterocycles. The summed E-state index contributed by atoms with van der Waals surface area (Å²) >= 11 is 1.71. The monoisotopic (exact) mass is 269 g/mol. The van der Waals surface area contributed by atoms with E-state index in [1.165, 1.54) is 23.2 Å². The van der Waals surface area contributed by atoms with E-state index >= 15 is 0 Å². The van der Waals surface area contributed by atoms with Gasteiger partial charge >= 0.3 is 0 Å². The maximum Gasteiger partial charge on any atom is 0.0833 e. The van der Waals surface area contributed by atoms with Crippen LogP contribution < -0.4 is 10.6 Å². The first-order valence-corrected chi connectivity index (χ1v) is 6.61. The predicted octanol–water partition coefficient (Wildman–Crippen LogP) is 2.88. The molecule has 1 fully saturated rings.